The highest BCUT2D eigenvalue weighted by Crippen LogP contribution is 2.32. The average molecular weight is 419 g/mol. The molecule has 1 aliphatic rings. The van der Waals surface area contributed by atoms with Gasteiger partial charge in [-0.1, -0.05) is 26.0 Å². The van der Waals surface area contributed by atoms with Gasteiger partial charge in [0.15, 0.2) is 5.69 Å². The molecule has 0 fully saturated rings. The van der Waals surface area contributed by atoms with E-state index in [1.54, 1.807) is 40.1 Å². The van der Waals surface area contributed by atoms with E-state index in [1.165, 1.54) is 4.31 Å². The molecule has 2 aromatic rings. The number of amides is 1. The number of nitrogens with zero attached hydrogens (tertiary/aromatic N) is 4. The van der Waals surface area contributed by atoms with E-state index in [0.717, 1.165) is 6.42 Å². The van der Waals surface area contributed by atoms with Gasteiger partial charge in [0.2, 0.25) is 10.0 Å². The van der Waals surface area contributed by atoms with Crippen LogP contribution < -0.4 is 0 Å². The maximum absolute atomic E-state index is 13.4. The van der Waals surface area contributed by atoms with E-state index >= 15 is 0 Å². The van der Waals surface area contributed by atoms with E-state index in [2.05, 4.69) is 18.8 Å². The zero-order chi connectivity index (χ0) is 21.3. The molecule has 0 radical (unpaired) electrons. The number of imidazole rings is 1. The predicted octanol–water partition coefficient (Wildman–Crippen LogP) is 3.29. The molecule has 1 aliphatic heterocycles. The predicted molar refractivity (Wildman–Crippen MR) is 112 cm³/mol. The maximum Gasteiger partial charge on any atom is 0.274 e. The minimum atomic E-state index is -3.68. The normalized spacial score (nSPS) is 15.8. The SMILES string of the molecule is CCN(C(=O)c1ncn2c1CN(CCC(C)C)S(=O)(=O)c1ccccc1-2)C(C)C. The third-order valence-corrected chi connectivity index (χ3v) is 7.21. The van der Waals surface area contributed by atoms with E-state index < -0.39 is 10.0 Å². The van der Waals surface area contributed by atoms with Gasteiger partial charge in [0.1, 0.15) is 11.2 Å². The second-order valence-corrected chi connectivity index (χ2v) is 9.99. The van der Waals surface area contributed by atoms with Gasteiger partial charge in [-0.25, -0.2) is 13.4 Å². The number of aromatic nitrogens is 2. The zero-order valence-electron chi connectivity index (χ0n) is 17.8. The van der Waals surface area contributed by atoms with Crippen LogP contribution in [0.5, 0.6) is 0 Å². The lowest BCUT2D eigenvalue weighted by Crippen LogP contribution is -2.38. The molecule has 2 heterocycles. The summed E-state index contributed by atoms with van der Waals surface area (Å²) in [5.74, 6) is 0.197. The Balaban J connectivity index is 2.16. The molecular formula is C21H30N4O3S. The first-order valence-corrected chi connectivity index (χ1v) is 11.6. The quantitative estimate of drug-likeness (QED) is 0.721. The van der Waals surface area contributed by atoms with Crippen LogP contribution in [0.1, 0.15) is 57.2 Å². The molecule has 29 heavy (non-hydrogen) atoms. The minimum absolute atomic E-state index is 0.0312. The van der Waals surface area contributed by atoms with Gasteiger partial charge in [0.25, 0.3) is 5.91 Å². The van der Waals surface area contributed by atoms with Crippen LogP contribution in [-0.4, -0.2) is 52.2 Å². The molecule has 158 valence electrons. The number of benzene rings is 1. The molecular weight excluding hydrogens is 388 g/mol. The first kappa shape index (κ1) is 21.5. The first-order valence-electron chi connectivity index (χ1n) is 10.1. The molecule has 0 bridgehead atoms. The van der Waals surface area contributed by atoms with Crippen molar-refractivity contribution < 1.29 is 13.2 Å². The molecule has 0 atom stereocenters. The van der Waals surface area contributed by atoms with Crippen molar-refractivity contribution in [1.82, 2.24) is 18.8 Å². The first-order chi connectivity index (χ1) is 13.7. The number of fused-ring (bicyclic) bond motifs is 3. The van der Waals surface area contributed by atoms with Gasteiger partial charge < -0.3 is 4.90 Å². The Morgan fingerprint density at radius 3 is 2.52 bits per heavy atom. The zero-order valence-corrected chi connectivity index (χ0v) is 18.6. The maximum atomic E-state index is 13.4. The molecule has 7 nitrogen and oxygen atoms in total. The fraction of sp³-hybridized carbons (Fsp3) is 0.524. The van der Waals surface area contributed by atoms with Crippen molar-refractivity contribution in [3.05, 3.63) is 42.0 Å². The van der Waals surface area contributed by atoms with E-state index in [9.17, 15) is 13.2 Å². The van der Waals surface area contributed by atoms with Gasteiger partial charge in [-0.2, -0.15) is 4.31 Å². The highest BCUT2D eigenvalue weighted by atomic mass is 32.2. The van der Waals surface area contributed by atoms with Gasteiger partial charge in [0, 0.05) is 19.1 Å². The lowest BCUT2D eigenvalue weighted by atomic mass is 10.1. The van der Waals surface area contributed by atoms with Crippen LogP contribution in [0, 0.1) is 5.92 Å². The highest BCUT2D eigenvalue weighted by molar-refractivity contribution is 7.89. The Labute approximate surface area is 173 Å². The summed E-state index contributed by atoms with van der Waals surface area (Å²) in [7, 11) is -3.68. The Morgan fingerprint density at radius 1 is 1.21 bits per heavy atom. The van der Waals surface area contributed by atoms with E-state index in [4.69, 9.17) is 0 Å². The molecule has 3 rings (SSSR count). The van der Waals surface area contributed by atoms with Crippen molar-refractivity contribution in [3.63, 3.8) is 0 Å². The van der Waals surface area contributed by atoms with Crippen LogP contribution in [0.4, 0.5) is 0 Å². The molecule has 0 saturated carbocycles. The van der Waals surface area contributed by atoms with Gasteiger partial charge in [0.05, 0.1) is 17.9 Å². The summed E-state index contributed by atoms with van der Waals surface area (Å²) in [6.07, 6.45) is 2.31. The molecule has 0 aliphatic carbocycles. The van der Waals surface area contributed by atoms with Crippen molar-refractivity contribution >= 4 is 15.9 Å². The smallest absolute Gasteiger partial charge is 0.274 e. The summed E-state index contributed by atoms with van der Waals surface area (Å²) in [6, 6.07) is 6.94. The minimum Gasteiger partial charge on any atom is -0.335 e. The fourth-order valence-corrected chi connectivity index (χ4v) is 5.25. The Hall–Kier alpha value is -2.19. The van der Waals surface area contributed by atoms with Crippen molar-refractivity contribution in [2.75, 3.05) is 13.1 Å². The largest absolute Gasteiger partial charge is 0.335 e. The summed E-state index contributed by atoms with van der Waals surface area (Å²) >= 11 is 0. The summed E-state index contributed by atoms with van der Waals surface area (Å²) in [4.78, 5) is 19.6. The summed E-state index contributed by atoms with van der Waals surface area (Å²) < 4.78 is 30.0. The van der Waals surface area contributed by atoms with Crippen LogP contribution >= 0.6 is 0 Å². The third-order valence-electron chi connectivity index (χ3n) is 5.32. The van der Waals surface area contributed by atoms with E-state index in [-0.39, 0.29) is 23.4 Å². The molecule has 1 aromatic carbocycles. The number of rotatable bonds is 6. The molecule has 0 saturated heterocycles. The molecule has 0 unspecified atom stereocenters. The van der Waals surface area contributed by atoms with Crippen LogP contribution in [0.25, 0.3) is 5.69 Å². The summed E-state index contributed by atoms with van der Waals surface area (Å²) in [6.45, 7) is 11.1. The van der Waals surface area contributed by atoms with Gasteiger partial charge in [-0.05, 0) is 45.2 Å². The Bertz CT molecular complexity index is 995. The number of hydrogen-bond acceptors (Lipinski definition) is 4. The van der Waals surface area contributed by atoms with Crippen LogP contribution in [0.3, 0.4) is 0 Å². The topological polar surface area (TPSA) is 75.5 Å². The number of sulfonamides is 1. The standard InChI is InChI=1S/C21H30N4O3S/c1-6-24(16(4)5)21(26)20-18-13-23(12-11-15(2)3)29(27,28)19-10-8-7-9-17(19)25(18)14-22-20/h7-10,14-16H,6,11-13H2,1-5H3. The lowest BCUT2D eigenvalue weighted by Gasteiger charge is -2.25. The number of hydrogen-bond donors (Lipinski definition) is 0. The number of carbonyl (C=O) groups excluding carboxylic acids is 1. The molecule has 1 amide bonds. The lowest BCUT2D eigenvalue weighted by molar-refractivity contribution is 0.0709. The van der Waals surface area contributed by atoms with E-state index in [1.807, 2.05) is 20.8 Å². The Kier molecular flexibility index (Phi) is 6.14. The average Bonchev–Trinajstić information content (AvgIpc) is 3.04. The monoisotopic (exact) mass is 418 g/mol. The van der Waals surface area contributed by atoms with Crippen LogP contribution in [0.15, 0.2) is 35.5 Å². The van der Waals surface area contributed by atoms with Crippen molar-refractivity contribution in [1.29, 1.82) is 0 Å². The van der Waals surface area contributed by atoms with Crippen LogP contribution in [-0.2, 0) is 16.6 Å². The Morgan fingerprint density at radius 2 is 1.90 bits per heavy atom. The number of carbonyl (C=O) groups is 1. The molecule has 8 heteroatoms. The highest BCUT2D eigenvalue weighted by Gasteiger charge is 2.35. The second-order valence-electron chi connectivity index (χ2n) is 8.08. The van der Waals surface area contributed by atoms with E-state index in [0.29, 0.717) is 36.1 Å². The second kappa shape index (κ2) is 8.28. The van der Waals surface area contributed by atoms with Gasteiger partial charge in [-0.15, -0.1) is 0 Å². The van der Waals surface area contributed by atoms with Crippen molar-refractivity contribution in [2.45, 2.75) is 58.5 Å². The summed E-state index contributed by atoms with van der Waals surface area (Å²) in [5.41, 5.74) is 1.47. The molecule has 0 spiro atoms. The van der Waals surface area contributed by atoms with Crippen molar-refractivity contribution in [2.24, 2.45) is 5.92 Å². The fourth-order valence-electron chi connectivity index (χ4n) is 3.66. The van der Waals surface area contributed by atoms with Crippen molar-refractivity contribution in [3.8, 4) is 5.69 Å². The number of para-hydroxylation sites is 1. The summed E-state index contributed by atoms with van der Waals surface area (Å²) in [5, 5.41) is 0. The molecule has 0 N–H and O–H groups in total. The van der Waals surface area contributed by atoms with Gasteiger partial charge in [-0.3, -0.25) is 9.36 Å². The molecule has 1 aromatic heterocycles. The van der Waals surface area contributed by atoms with Gasteiger partial charge >= 0.3 is 0 Å². The van der Waals surface area contributed by atoms with Crippen LogP contribution in [0.2, 0.25) is 0 Å². The third kappa shape index (κ3) is 3.96.